The summed E-state index contributed by atoms with van der Waals surface area (Å²) in [5, 5.41) is 11.8. The van der Waals surface area contributed by atoms with Crippen molar-refractivity contribution < 1.29 is 19.1 Å². The van der Waals surface area contributed by atoms with E-state index in [1.165, 1.54) is 12.5 Å². The van der Waals surface area contributed by atoms with Gasteiger partial charge in [0.15, 0.2) is 0 Å². The highest BCUT2D eigenvalue weighted by atomic mass is 16.4. The van der Waals surface area contributed by atoms with Gasteiger partial charge in [0, 0.05) is 25.7 Å². The van der Waals surface area contributed by atoms with E-state index in [0.717, 1.165) is 12.8 Å². The number of piperidine rings is 1. The number of furan rings is 1. The number of nitrogens with one attached hydrogen (secondary N) is 1. The van der Waals surface area contributed by atoms with Gasteiger partial charge in [-0.2, -0.15) is 0 Å². The molecule has 19 heavy (non-hydrogen) atoms. The summed E-state index contributed by atoms with van der Waals surface area (Å²) in [6, 6.07) is 1.97. The van der Waals surface area contributed by atoms with Crippen LogP contribution in [0, 0.1) is 0 Å². The highest BCUT2D eigenvalue weighted by Gasteiger charge is 2.23. The standard InChI is InChI=1S/C13H18N2O4/c16-12(17)1-5-14-11-2-6-15(7-3-11)13(18)10-4-8-19-9-10/h4,8-9,11,14H,1-3,5-7H2,(H,16,17). The van der Waals surface area contributed by atoms with Gasteiger partial charge in [0.1, 0.15) is 6.26 Å². The lowest BCUT2D eigenvalue weighted by Gasteiger charge is -2.32. The first-order valence-corrected chi connectivity index (χ1v) is 6.43. The van der Waals surface area contributed by atoms with Crippen molar-refractivity contribution in [2.75, 3.05) is 19.6 Å². The van der Waals surface area contributed by atoms with Gasteiger partial charge in [0.25, 0.3) is 5.91 Å². The first-order valence-electron chi connectivity index (χ1n) is 6.43. The van der Waals surface area contributed by atoms with E-state index in [1.54, 1.807) is 11.0 Å². The molecule has 1 aliphatic heterocycles. The highest BCUT2D eigenvalue weighted by Crippen LogP contribution is 2.14. The van der Waals surface area contributed by atoms with E-state index >= 15 is 0 Å². The van der Waals surface area contributed by atoms with Crippen molar-refractivity contribution in [3.63, 3.8) is 0 Å². The fourth-order valence-electron chi connectivity index (χ4n) is 2.24. The molecule has 1 amide bonds. The quantitative estimate of drug-likeness (QED) is 0.829. The Hall–Kier alpha value is -1.82. The summed E-state index contributed by atoms with van der Waals surface area (Å²) in [4.78, 5) is 24.3. The molecule has 1 aromatic rings. The van der Waals surface area contributed by atoms with Crippen molar-refractivity contribution in [3.05, 3.63) is 24.2 Å². The van der Waals surface area contributed by atoms with Gasteiger partial charge >= 0.3 is 5.97 Å². The number of likely N-dealkylation sites (tertiary alicyclic amines) is 1. The van der Waals surface area contributed by atoms with Gasteiger partial charge in [0.05, 0.1) is 18.2 Å². The maximum absolute atomic E-state index is 12.0. The molecule has 0 unspecified atom stereocenters. The van der Waals surface area contributed by atoms with Gasteiger partial charge in [-0.3, -0.25) is 9.59 Å². The number of rotatable bonds is 5. The summed E-state index contributed by atoms with van der Waals surface area (Å²) in [6.45, 7) is 1.86. The molecule has 0 atom stereocenters. The molecule has 2 rings (SSSR count). The van der Waals surface area contributed by atoms with Crippen molar-refractivity contribution in [2.45, 2.75) is 25.3 Å². The van der Waals surface area contributed by atoms with Gasteiger partial charge in [-0.05, 0) is 18.9 Å². The molecule has 1 fully saturated rings. The zero-order valence-electron chi connectivity index (χ0n) is 10.7. The van der Waals surface area contributed by atoms with E-state index in [1.807, 2.05) is 0 Å². The topological polar surface area (TPSA) is 82.8 Å². The van der Waals surface area contributed by atoms with Crippen LogP contribution >= 0.6 is 0 Å². The number of aliphatic carboxylic acids is 1. The van der Waals surface area contributed by atoms with Gasteiger partial charge < -0.3 is 19.7 Å². The number of carboxylic acids is 1. The normalized spacial score (nSPS) is 16.5. The molecule has 2 heterocycles. The lowest BCUT2D eigenvalue weighted by Crippen LogP contribution is -2.45. The zero-order valence-corrected chi connectivity index (χ0v) is 10.7. The van der Waals surface area contributed by atoms with Crippen LogP contribution in [0.2, 0.25) is 0 Å². The summed E-state index contributed by atoms with van der Waals surface area (Å²) in [5.74, 6) is -0.794. The van der Waals surface area contributed by atoms with E-state index in [9.17, 15) is 9.59 Å². The average molecular weight is 266 g/mol. The molecule has 0 bridgehead atoms. The maximum atomic E-state index is 12.0. The Balaban J connectivity index is 1.73. The van der Waals surface area contributed by atoms with Crippen LogP contribution in [0.15, 0.2) is 23.0 Å². The number of carbonyl (C=O) groups excluding carboxylic acids is 1. The summed E-state index contributed by atoms with van der Waals surface area (Å²) < 4.78 is 4.91. The average Bonchev–Trinajstić information content (AvgIpc) is 2.92. The summed E-state index contributed by atoms with van der Waals surface area (Å²) in [7, 11) is 0. The van der Waals surface area contributed by atoms with Crippen molar-refractivity contribution in [1.29, 1.82) is 0 Å². The first kappa shape index (κ1) is 13.6. The number of carboxylic acid groups (broad SMARTS) is 1. The Bertz CT molecular complexity index is 422. The van der Waals surface area contributed by atoms with Gasteiger partial charge in [0.2, 0.25) is 0 Å². The first-order chi connectivity index (χ1) is 9.16. The van der Waals surface area contributed by atoms with Crippen molar-refractivity contribution in [1.82, 2.24) is 10.2 Å². The van der Waals surface area contributed by atoms with Crippen LogP contribution in [0.25, 0.3) is 0 Å². The predicted molar refractivity (Wildman–Crippen MR) is 67.9 cm³/mol. The van der Waals surface area contributed by atoms with E-state index < -0.39 is 5.97 Å². The van der Waals surface area contributed by atoms with Crippen molar-refractivity contribution in [2.24, 2.45) is 0 Å². The lowest BCUT2D eigenvalue weighted by molar-refractivity contribution is -0.136. The van der Waals surface area contributed by atoms with E-state index in [0.29, 0.717) is 31.2 Å². The number of amides is 1. The van der Waals surface area contributed by atoms with Crippen LogP contribution in [-0.2, 0) is 4.79 Å². The molecule has 104 valence electrons. The second-order valence-electron chi connectivity index (χ2n) is 4.68. The van der Waals surface area contributed by atoms with E-state index in [-0.39, 0.29) is 12.3 Å². The molecule has 0 spiro atoms. The van der Waals surface area contributed by atoms with E-state index in [2.05, 4.69) is 5.32 Å². The molecule has 0 radical (unpaired) electrons. The minimum atomic E-state index is -0.792. The van der Waals surface area contributed by atoms with Crippen molar-refractivity contribution >= 4 is 11.9 Å². The molecule has 0 aliphatic carbocycles. The number of hydrogen-bond acceptors (Lipinski definition) is 4. The molecule has 2 N–H and O–H groups in total. The minimum Gasteiger partial charge on any atom is -0.481 e. The third-order valence-corrected chi connectivity index (χ3v) is 3.32. The van der Waals surface area contributed by atoms with Crippen LogP contribution in [0.5, 0.6) is 0 Å². The van der Waals surface area contributed by atoms with Crippen LogP contribution in [-0.4, -0.2) is 47.6 Å². The second kappa shape index (κ2) is 6.38. The summed E-state index contributed by atoms with van der Waals surface area (Å²) in [6.07, 6.45) is 4.79. The molecule has 0 saturated carbocycles. The SMILES string of the molecule is O=C(O)CCNC1CCN(C(=O)c2ccoc2)CC1. The molecule has 6 nitrogen and oxygen atoms in total. The second-order valence-corrected chi connectivity index (χ2v) is 4.68. The molecule has 0 aromatic carbocycles. The number of nitrogens with zero attached hydrogens (tertiary/aromatic N) is 1. The van der Waals surface area contributed by atoms with E-state index in [4.69, 9.17) is 9.52 Å². The Morgan fingerprint density at radius 1 is 1.42 bits per heavy atom. The molecule has 1 aliphatic rings. The number of hydrogen-bond donors (Lipinski definition) is 2. The van der Waals surface area contributed by atoms with Gasteiger partial charge in [-0.15, -0.1) is 0 Å². The zero-order chi connectivity index (χ0) is 13.7. The monoisotopic (exact) mass is 266 g/mol. The fourth-order valence-corrected chi connectivity index (χ4v) is 2.24. The predicted octanol–water partition coefficient (Wildman–Crippen LogP) is 0.948. The Labute approximate surface area is 111 Å². The number of carbonyl (C=O) groups is 2. The smallest absolute Gasteiger partial charge is 0.304 e. The van der Waals surface area contributed by atoms with Crippen LogP contribution in [0.3, 0.4) is 0 Å². The van der Waals surface area contributed by atoms with Crippen molar-refractivity contribution in [3.8, 4) is 0 Å². The molecule has 6 heteroatoms. The van der Waals surface area contributed by atoms with Crippen LogP contribution in [0.4, 0.5) is 0 Å². The minimum absolute atomic E-state index is 0.00210. The fraction of sp³-hybridized carbons (Fsp3) is 0.538. The molecular weight excluding hydrogens is 248 g/mol. The summed E-state index contributed by atoms with van der Waals surface area (Å²) >= 11 is 0. The third kappa shape index (κ3) is 3.82. The van der Waals surface area contributed by atoms with Gasteiger partial charge in [-0.1, -0.05) is 0 Å². The Morgan fingerprint density at radius 3 is 2.74 bits per heavy atom. The maximum Gasteiger partial charge on any atom is 0.304 e. The third-order valence-electron chi connectivity index (χ3n) is 3.32. The Morgan fingerprint density at radius 2 is 2.16 bits per heavy atom. The Kier molecular flexibility index (Phi) is 4.57. The van der Waals surface area contributed by atoms with Crippen LogP contribution in [0.1, 0.15) is 29.6 Å². The highest BCUT2D eigenvalue weighted by molar-refractivity contribution is 5.93. The molecule has 1 saturated heterocycles. The van der Waals surface area contributed by atoms with Gasteiger partial charge in [-0.25, -0.2) is 0 Å². The summed E-state index contributed by atoms with van der Waals surface area (Å²) in [5.41, 5.74) is 0.581. The lowest BCUT2D eigenvalue weighted by atomic mass is 10.0. The van der Waals surface area contributed by atoms with Crippen LogP contribution < -0.4 is 5.32 Å². The molecule has 1 aromatic heterocycles. The molecular formula is C13H18N2O4. The largest absolute Gasteiger partial charge is 0.481 e.